The van der Waals surface area contributed by atoms with Gasteiger partial charge in [0.05, 0.1) is 18.8 Å². The molecule has 25 heavy (non-hydrogen) atoms. The Hall–Kier alpha value is -0.610. The fraction of sp³-hybridized carbons (Fsp3) is 0.952. The first-order valence-electron chi connectivity index (χ1n) is 10.4. The Balaban J connectivity index is 1.64. The molecule has 0 bridgehead atoms. The minimum Gasteiger partial charge on any atom is -0.465 e. The van der Waals surface area contributed by atoms with Crippen LogP contribution in [0.15, 0.2) is 0 Å². The SMILES string of the molecule is CC(=O)OC[C@]12CCC(O)CC1CC[C@@H]1[C@H]2CC[C@]2(C)C(O)CC[C@@H]12. The van der Waals surface area contributed by atoms with E-state index in [9.17, 15) is 15.0 Å². The molecule has 4 saturated carbocycles. The minimum absolute atomic E-state index is 0.0582. The summed E-state index contributed by atoms with van der Waals surface area (Å²) < 4.78 is 5.61. The van der Waals surface area contributed by atoms with Crippen LogP contribution in [0.3, 0.4) is 0 Å². The highest BCUT2D eigenvalue weighted by atomic mass is 16.5. The second-order valence-electron chi connectivity index (χ2n) is 9.73. The summed E-state index contributed by atoms with van der Waals surface area (Å²) >= 11 is 0. The maximum atomic E-state index is 11.6. The van der Waals surface area contributed by atoms with Gasteiger partial charge in [0.15, 0.2) is 0 Å². The summed E-state index contributed by atoms with van der Waals surface area (Å²) in [6.45, 7) is 4.35. The van der Waals surface area contributed by atoms with Crippen LogP contribution in [0.4, 0.5) is 0 Å². The fourth-order valence-corrected chi connectivity index (χ4v) is 7.52. The lowest BCUT2D eigenvalue weighted by molar-refractivity contribution is -0.176. The standard InChI is InChI=1S/C21H34O4/c1-13(22)25-12-21-10-7-15(23)11-14(21)3-4-16-17-5-6-19(24)20(17,2)9-8-18(16)21/h14-19,23-24H,3-12H2,1-2H3/t14?,15?,16-,17-,18+,19?,20-,21+/m0/s1. The van der Waals surface area contributed by atoms with E-state index in [1.54, 1.807) is 0 Å². The van der Waals surface area contributed by atoms with E-state index in [0.29, 0.717) is 30.3 Å². The third-order valence-electron chi connectivity index (χ3n) is 8.83. The summed E-state index contributed by atoms with van der Waals surface area (Å²) in [6.07, 6.45) is 9.06. The summed E-state index contributed by atoms with van der Waals surface area (Å²) in [4.78, 5) is 11.6. The number of aliphatic hydroxyl groups is 2. The number of fused-ring (bicyclic) bond motifs is 5. The van der Waals surface area contributed by atoms with Gasteiger partial charge in [-0.25, -0.2) is 0 Å². The van der Waals surface area contributed by atoms with Gasteiger partial charge in [0.1, 0.15) is 0 Å². The molecule has 4 aliphatic carbocycles. The number of carbonyl (C=O) groups is 1. The molecule has 4 fully saturated rings. The van der Waals surface area contributed by atoms with Crippen LogP contribution in [0.25, 0.3) is 0 Å². The Morgan fingerprint density at radius 2 is 1.84 bits per heavy atom. The highest BCUT2D eigenvalue weighted by Crippen LogP contribution is 2.66. The third-order valence-corrected chi connectivity index (χ3v) is 8.83. The van der Waals surface area contributed by atoms with Gasteiger partial charge in [-0.05, 0) is 86.9 Å². The summed E-state index contributed by atoms with van der Waals surface area (Å²) in [5, 5.41) is 20.8. The molecule has 4 aliphatic rings. The largest absolute Gasteiger partial charge is 0.465 e. The molecule has 4 heteroatoms. The first-order valence-corrected chi connectivity index (χ1v) is 10.4. The highest BCUT2D eigenvalue weighted by Gasteiger charge is 2.61. The van der Waals surface area contributed by atoms with Crippen molar-refractivity contribution in [1.82, 2.24) is 0 Å². The van der Waals surface area contributed by atoms with Gasteiger partial charge in [0.25, 0.3) is 0 Å². The van der Waals surface area contributed by atoms with Gasteiger partial charge in [0, 0.05) is 12.3 Å². The predicted molar refractivity (Wildman–Crippen MR) is 94.7 cm³/mol. The van der Waals surface area contributed by atoms with Gasteiger partial charge in [-0.2, -0.15) is 0 Å². The van der Waals surface area contributed by atoms with Crippen molar-refractivity contribution in [3.05, 3.63) is 0 Å². The van der Waals surface area contributed by atoms with E-state index < -0.39 is 0 Å². The topological polar surface area (TPSA) is 66.8 Å². The molecule has 142 valence electrons. The molecule has 0 aromatic heterocycles. The van der Waals surface area contributed by atoms with Crippen LogP contribution in [-0.2, 0) is 9.53 Å². The minimum atomic E-state index is -0.186. The van der Waals surface area contributed by atoms with Gasteiger partial charge >= 0.3 is 5.97 Å². The molecule has 0 radical (unpaired) electrons. The molecule has 4 nitrogen and oxygen atoms in total. The molecule has 0 aromatic carbocycles. The maximum Gasteiger partial charge on any atom is 0.302 e. The maximum absolute atomic E-state index is 11.6. The van der Waals surface area contributed by atoms with Crippen LogP contribution < -0.4 is 0 Å². The Morgan fingerprint density at radius 3 is 2.60 bits per heavy atom. The Labute approximate surface area is 151 Å². The van der Waals surface area contributed by atoms with Crippen molar-refractivity contribution in [3.63, 3.8) is 0 Å². The molecular formula is C21H34O4. The fourth-order valence-electron chi connectivity index (χ4n) is 7.52. The van der Waals surface area contributed by atoms with Crippen molar-refractivity contribution in [2.24, 2.45) is 34.5 Å². The molecule has 3 unspecified atom stereocenters. The molecule has 0 amide bonds. The first-order chi connectivity index (χ1) is 11.9. The van der Waals surface area contributed by atoms with Crippen LogP contribution in [0.5, 0.6) is 0 Å². The quantitative estimate of drug-likeness (QED) is 0.750. The van der Waals surface area contributed by atoms with Gasteiger partial charge in [-0.15, -0.1) is 0 Å². The number of aliphatic hydroxyl groups excluding tert-OH is 2. The van der Waals surface area contributed by atoms with Crippen LogP contribution in [0, 0.1) is 34.5 Å². The van der Waals surface area contributed by atoms with Crippen molar-refractivity contribution in [2.45, 2.75) is 83.8 Å². The van der Waals surface area contributed by atoms with E-state index in [0.717, 1.165) is 51.4 Å². The van der Waals surface area contributed by atoms with Crippen molar-refractivity contribution in [1.29, 1.82) is 0 Å². The zero-order chi connectivity index (χ0) is 17.8. The normalized spacial score (nSPS) is 52.0. The summed E-state index contributed by atoms with van der Waals surface area (Å²) in [5.41, 5.74) is 0.146. The van der Waals surface area contributed by atoms with E-state index in [1.165, 1.54) is 13.3 Å². The van der Waals surface area contributed by atoms with Crippen molar-refractivity contribution in [2.75, 3.05) is 6.61 Å². The zero-order valence-corrected chi connectivity index (χ0v) is 15.7. The highest BCUT2D eigenvalue weighted by molar-refractivity contribution is 5.65. The van der Waals surface area contributed by atoms with Crippen molar-refractivity contribution < 1.29 is 19.7 Å². The molecule has 0 heterocycles. The number of hydrogen-bond donors (Lipinski definition) is 2. The molecule has 0 saturated heterocycles. The van der Waals surface area contributed by atoms with E-state index in [1.807, 2.05) is 0 Å². The predicted octanol–water partition coefficient (Wildman–Crippen LogP) is 3.29. The summed E-state index contributed by atoms with van der Waals surface area (Å²) in [7, 11) is 0. The molecular weight excluding hydrogens is 316 g/mol. The van der Waals surface area contributed by atoms with Crippen LogP contribution >= 0.6 is 0 Å². The zero-order valence-electron chi connectivity index (χ0n) is 15.7. The van der Waals surface area contributed by atoms with Gasteiger partial charge in [-0.3, -0.25) is 4.79 Å². The lowest BCUT2D eigenvalue weighted by atomic mass is 9.44. The molecule has 0 aliphatic heterocycles. The number of carbonyl (C=O) groups excluding carboxylic acids is 1. The van der Waals surface area contributed by atoms with Gasteiger partial charge in [0.2, 0.25) is 0 Å². The second-order valence-corrected chi connectivity index (χ2v) is 9.73. The second kappa shape index (κ2) is 6.23. The summed E-state index contributed by atoms with van der Waals surface area (Å²) in [6, 6.07) is 0. The molecule has 8 atom stereocenters. The van der Waals surface area contributed by atoms with E-state index >= 15 is 0 Å². The lowest BCUT2D eigenvalue weighted by Crippen LogP contribution is -2.57. The molecule has 2 N–H and O–H groups in total. The Bertz CT molecular complexity index is 534. The number of ether oxygens (including phenoxy) is 1. The Morgan fingerprint density at radius 1 is 1.04 bits per heavy atom. The van der Waals surface area contributed by atoms with Crippen LogP contribution in [0.2, 0.25) is 0 Å². The van der Waals surface area contributed by atoms with Gasteiger partial charge in [-0.1, -0.05) is 6.92 Å². The van der Waals surface area contributed by atoms with E-state index in [-0.39, 0.29) is 29.0 Å². The first kappa shape index (κ1) is 17.8. The van der Waals surface area contributed by atoms with Gasteiger partial charge < -0.3 is 14.9 Å². The average Bonchev–Trinajstić information content (AvgIpc) is 2.88. The van der Waals surface area contributed by atoms with Crippen LogP contribution in [-0.4, -0.2) is 35.0 Å². The average molecular weight is 350 g/mol. The lowest BCUT2D eigenvalue weighted by Gasteiger charge is -2.61. The number of esters is 1. The van der Waals surface area contributed by atoms with E-state index in [2.05, 4.69) is 6.92 Å². The third kappa shape index (κ3) is 2.66. The Kier molecular flexibility index (Phi) is 4.43. The number of rotatable bonds is 2. The van der Waals surface area contributed by atoms with Crippen LogP contribution in [0.1, 0.15) is 71.6 Å². The number of hydrogen-bond acceptors (Lipinski definition) is 4. The summed E-state index contributed by atoms with van der Waals surface area (Å²) in [5.74, 6) is 2.15. The molecule has 0 spiro atoms. The van der Waals surface area contributed by atoms with Crippen molar-refractivity contribution in [3.8, 4) is 0 Å². The smallest absolute Gasteiger partial charge is 0.302 e. The monoisotopic (exact) mass is 350 g/mol. The van der Waals surface area contributed by atoms with E-state index in [4.69, 9.17) is 4.74 Å². The van der Waals surface area contributed by atoms with Crippen molar-refractivity contribution >= 4 is 5.97 Å². The molecule has 4 rings (SSSR count). The molecule has 0 aromatic rings.